The number of anilines is 1. The van der Waals surface area contributed by atoms with Gasteiger partial charge in [-0.2, -0.15) is 5.26 Å². The fourth-order valence-electron chi connectivity index (χ4n) is 8.62. The number of hydrogen-bond donors (Lipinski definition) is 1. The third-order valence-electron chi connectivity index (χ3n) is 10.9. The number of halogens is 1. The standard InChI is InChI=1S/C35H46FN5O3/c1-43-33-18-25(20-37)10-11-32(33)41-22-26(23-41)21-39-16-12-27(13-17-39)35(24-40-14-5-15-40,28-6-3-7-29(36)19-28)30-8-4-9-31(30)38-34(42)44-2/h3,6-7,10-11,18-19,26-27,30-31H,4-5,8-9,12-17,21-24H2,1-2H3,(H,38,42)/t30-,31-,35?/m0/s1. The fraction of sp³-hybridized carbons (Fsp3) is 0.600. The second kappa shape index (κ2) is 13.3. The number of carbonyl (C=O) groups is 1. The lowest BCUT2D eigenvalue weighted by Gasteiger charge is -2.54. The Hall–Kier alpha value is -3.35. The van der Waals surface area contributed by atoms with Crippen molar-refractivity contribution in [3.63, 3.8) is 0 Å². The predicted octanol–water partition coefficient (Wildman–Crippen LogP) is 5.02. The van der Waals surface area contributed by atoms with Gasteiger partial charge in [-0.3, -0.25) is 0 Å². The minimum atomic E-state index is -0.373. The van der Waals surface area contributed by atoms with Gasteiger partial charge in [-0.25, -0.2) is 9.18 Å². The van der Waals surface area contributed by atoms with Crippen molar-refractivity contribution in [3.05, 3.63) is 59.4 Å². The summed E-state index contributed by atoms with van der Waals surface area (Å²) in [5.74, 6) is 1.78. The molecule has 1 aliphatic carbocycles. The van der Waals surface area contributed by atoms with Crippen LogP contribution in [0.15, 0.2) is 42.5 Å². The van der Waals surface area contributed by atoms with Gasteiger partial charge in [0.1, 0.15) is 11.6 Å². The van der Waals surface area contributed by atoms with Gasteiger partial charge in [0.2, 0.25) is 0 Å². The zero-order valence-electron chi connectivity index (χ0n) is 26.1. The molecule has 3 heterocycles. The molecule has 1 N–H and O–H groups in total. The zero-order chi connectivity index (χ0) is 30.7. The Morgan fingerprint density at radius 1 is 1.02 bits per heavy atom. The van der Waals surface area contributed by atoms with Crippen LogP contribution in [0, 0.1) is 34.9 Å². The van der Waals surface area contributed by atoms with Crippen molar-refractivity contribution in [2.75, 3.05) is 71.5 Å². The lowest BCUT2D eigenvalue weighted by molar-refractivity contribution is 0.0223. The Kier molecular flexibility index (Phi) is 9.29. The molecule has 3 atom stereocenters. The van der Waals surface area contributed by atoms with Gasteiger partial charge < -0.3 is 29.5 Å². The van der Waals surface area contributed by atoms with Gasteiger partial charge in [0.15, 0.2) is 0 Å². The molecular weight excluding hydrogens is 557 g/mol. The summed E-state index contributed by atoms with van der Waals surface area (Å²) in [5.41, 5.74) is 2.52. The number of amides is 1. The number of nitrogens with zero attached hydrogens (tertiary/aromatic N) is 4. The lowest BCUT2D eigenvalue weighted by Crippen LogP contribution is -2.60. The monoisotopic (exact) mass is 603 g/mol. The van der Waals surface area contributed by atoms with E-state index in [4.69, 9.17) is 9.47 Å². The number of nitrogens with one attached hydrogen (secondary N) is 1. The molecule has 3 saturated heterocycles. The minimum Gasteiger partial charge on any atom is -0.495 e. The van der Waals surface area contributed by atoms with E-state index in [9.17, 15) is 14.4 Å². The first-order chi connectivity index (χ1) is 21.4. The quantitative estimate of drug-likeness (QED) is 0.409. The summed E-state index contributed by atoms with van der Waals surface area (Å²) in [5, 5.41) is 12.4. The van der Waals surface area contributed by atoms with Crippen molar-refractivity contribution in [3.8, 4) is 11.8 Å². The van der Waals surface area contributed by atoms with Gasteiger partial charge in [0, 0.05) is 49.6 Å². The number of piperidine rings is 1. The normalized spacial score (nSPS) is 24.5. The van der Waals surface area contributed by atoms with E-state index in [0.29, 0.717) is 17.4 Å². The van der Waals surface area contributed by atoms with Crippen LogP contribution in [0.3, 0.4) is 0 Å². The van der Waals surface area contributed by atoms with Crippen LogP contribution in [0.5, 0.6) is 5.75 Å². The van der Waals surface area contributed by atoms with Gasteiger partial charge in [-0.15, -0.1) is 0 Å². The van der Waals surface area contributed by atoms with Crippen molar-refractivity contribution >= 4 is 11.8 Å². The van der Waals surface area contributed by atoms with Crippen LogP contribution >= 0.6 is 0 Å². The molecule has 0 radical (unpaired) electrons. The second-order valence-corrected chi connectivity index (χ2v) is 13.3. The highest BCUT2D eigenvalue weighted by Crippen LogP contribution is 2.51. The maximum atomic E-state index is 14.9. The molecule has 4 aliphatic rings. The van der Waals surface area contributed by atoms with Gasteiger partial charge in [0.05, 0.1) is 31.5 Å². The summed E-state index contributed by atoms with van der Waals surface area (Å²) in [7, 11) is 3.09. The van der Waals surface area contributed by atoms with E-state index in [-0.39, 0.29) is 29.3 Å². The van der Waals surface area contributed by atoms with Crippen LogP contribution in [0.4, 0.5) is 14.9 Å². The highest BCUT2D eigenvalue weighted by Gasteiger charge is 2.53. The number of hydrogen-bond acceptors (Lipinski definition) is 7. The molecule has 1 saturated carbocycles. The van der Waals surface area contributed by atoms with Crippen LogP contribution in [-0.2, 0) is 10.2 Å². The van der Waals surface area contributed by atoms with Gasteiger partial charge in [0.25, 0.3) is 0 Å². The second-order valence-electron chi connectivity index (χ2n) is 13.3. The zero-order valence-corrected chi connectivity index (χ0v) is 26.1. The maximum absolute atomic E-state index is 14.9. The Balaban J connectivity index is 1.17. The SMILES string of the molecule is COC(=O)N[C@H]1CCC[C@@H]1C(CN1CCC1)(c1cccc(F)c1)C1CCN(CC2CN(c3ccc(C#N)cc3OC)C2)CC1. The third-order valence-corrected chi connectivity index (χ3v) is 10.9. The summed E-state index contributed by atoms with van der Waals surface area (Å²) in [6, 6.07) is 15.2. The Morgan fingerprint density at radius 3 is 2.48 bits per heavy atom. The Morgan fingerprint density at radius 2 is 1.82 bits per heavy atom. The average molecular weight is 604 g/mol. The lowest BCUT2D eigenvalue weighted by atomic mass is 9.57. The van der Waals surface area contributed by atoms with E-state index in [1.807, 2.05) is 24.3 Å². The predicted molar refractivity (Wildman–Crippen MR) is 168 cm³/mol. The van der Waals surface area contributed by atoms with Crippen LogP contribution in [0.1, 0.15) is 49.7 Å². The highest BCUT2D eigenvalue weighted by atomic mass is 19.1. The van der Waals surface area contributed by atoms with Crippen molar-refractivity contribution in [1.82, 2.24) is 15.1 Å². The Labute approximate surface area is 261 Å². The molecule has 1 amide bonds. The summed E-state index contributed by atoms with van der Waals surface area (Å²) < 4.78 is 25.5. The summed E-state index contributed by atoms with van der Waals surface area (Å²) in [6.45, 7) is 8.16. The molecule has 0 spiro atoms. The molecule has 44 heavy (non-hydrogen) atoms. The van der Waals surface area contributed by atoms with Gasteiger partial charge in [-0.1, -0.05) is 18.6 Å². The van der Waals surface area contributed by atoms with Crippen LogP contribution in [0.25, 0.3) is 0 Å². The molecule has 1 unspecified atom stereocenters. The molecular formula is C35H46FN5O3. The molecule has 4 fully saturated rings. The van der Waals surface area contributed by atoms with E-state index in [1.165, 1.54) is 13.5 Å². The summed E-state index contributed by atoms with van der Waals surface area (Å²) in [4.78, 5) is 19.9. The van der Waals surface area contributed by atoms with Gasteiger partial charge >= 0.3 is 6.09 Å². The van der Waals surface area contributed by atoms with E-state index < -0.39 is 0 Å². The first-order valence-corrected chi connectivity index (χ1v) is 16.3. The largest absolute Gasteiger partial charge is 0.495 e. The molecule has 2 aromatic rings. The van der Waals surface area contributed by atoms with E-state index in [2.05, 4.69) is 32.2 Å². The smallest absolute Gasteiger partial charge is 0.407 e. The number of carbonyl (C=O) groups excluding carboxylic acids is 1. The number of benzene rings is 2. The molecule has 0 bridgehead atoms. The number of ether oxygens (including phenoxy) is 2. The molecule has 8 nitrogen and oxygen atoms in total. The molecule has 9 heteroatoms. The van der Waals surface area contributed by atoms with Crippen molar-refractivity contribution < 1.29 is 18.7 Å². The van der Waals surface area contributed by atoms with E-state index in [0.717, 1.165) is 101 Å². The number of alkyl carbamates (subject to hydrolysis) is 1. The van der Waals surface area contributed by atoms with Crippen LogP contribution in [0.2, 0.25) is 0 Å². The molecule has 0 aromatic heterocycles. The van der Waals surface area contributed by atoms with E-state index >= 15 is 0 Å². The topological polar surface area (TPSA) is 81.1 Å². The molecule has 2 aromatic carbocycles. The number of likely N-dealkylation sites (tertiary alicyclic amines) is 2. The summed E-state index contributed by atoms with van der Waals surface area (Å²) >= 11 is 0. The Bertz CT molecular complexity index is 1350. The highest BCUT2D eigenvalue weighted by molar-refractivity contribution is 5.67. The fourth-order valence-corrected chi connectivity index (χ4v) is 8.62. The van der Waals surface area contributed by atoms with E-state index in [1.54, 1.807) is 19.2 Å². The van der Waals surface area contributed by atoms with Crippen LogP contribution in [-0.4, -0.2) is 88.5 Å². The number of rotatable bonds is 10. The first-order valence-electron chi connectivity index (χ1n) is 16.3. The number of methoxy groups -OCH3 is 2. The van der Waals surface area contributed by atoms with Gasteiger partial charge in [-0.05, 0) is 99.9 Å². The minimum absolute atomic E-state index is 0.0187. The molecule has 3 aliphatic heterocycles. The number of nitriles is 1. The van der Waals surface area contributed by atoms with Crippen molar-refractivity contribution in [1.29, 1.82) is 5.26 Å². The molecule has 236 valence electrons. The average Bonchev–Trinajstić information content (AvgIpc) is 3.47. The van der Waals surface area contributed by atoms with Crippen molar-refractivity contribution in [2.45, 2.75) is 50.0 Å². The maximum Gasteiger partial charge on any atom is 0.407 e. The summed E-state index contributed by atoms with van der Waals surface area (Å²) in [6.07, 6.45) is 5.96. The van der Waals surface area contributed by atoms with Crippen LogP contribution < -0.4 is 15.0 Å². The van der Waals surface area contributed by atoms with Crippen molar-refractivity contribution in [2.24, 2.45) is 17.8 Å². The molecule has 6 rings (SSSR count). The third kappa shape index (κ3) is 6.12. The first kappa shape index (κ1) is 30.7.